The average Bonchev–Trinajstić information content (AvgIpc) is 2.33. The zero-order valence-corrected chi connectivity index (χ0v) is 10.4. The zero-order chi connectivity index (χ0) is 12.1. The Morgan fingerprint density at radius 2 is 1.82 bits per heavy atom. The Morgan fingerprint density at radius 1 is 1.18 bits per heavy atom. The molecule has 0 saturated carbocycles. The van der Waals surface area contributed by atoms with Crippen LogP contribution in [-0.4, -0.2) is 26.0 Å². The van der Waals surface area contributed by atoms with E-state index in [1.807, 2.05) is 30.3 Å². The summed E-state index contributed by atoms with van der Waals surface area (Å²) in [6.07, 6.45) is 1.27. The van der Waals surface area contributed by atoms with E-state index in [0.717, 1.165) is 5.56 Å². The third kappa shape index (κ3) is 4.11. The van der Waals surface area contributed by atoms with Crippen molar-refractivity contribution in [2.75, 3.05) is 11.5 Å². The highest BCUT2D eigenvalue weighted by Crippen LogP contribution is 2.12. The third-order valence-electron chi connectivity index (χ3n) is 2.89. The van der Waals surface area contributed by atoms with Crippen molar-refractivity contribution in [3.8, 4) is 0 Å². The van der Waals surface area contributed by atoms with Crippen molar-refractivity contribution in [3.05, 3.63) is 35.9 Å². The van der Waals surface area contributed by atoms with E-state index in [4.69, 9.17) is 4.84 Å². The molecule has 0 aromatic heterocycles. The third-order valence-corrected chi connectivity index (χ3v) is 4.60. The number of hydroxylamine groups is 1. The second-order valence-corrected chi connectivity index (χ2v) is 6.62. The molecule has 4 nitrogen and oxygen atoms in total. The van der Waals surface area contributed by atoms with Crippen LogP contribution in [0.25, 0.3) is 0 Å². The molecule has 1 aliphatic rings. The van der Waals surface area contributed by atoms with Gasteiger partial charge in [-0.15, -0.1) is 0 Å². The molecule has 0 spiro atoms. The zero-order valence-electron chi connectivity index (χ0n) is 9.63. The summed E-state index contributed by atoms with van der Waals surface area (Å²) in [5.74, 6) is 0.527. The van der Waals surface area contributed by atoms with Gasteiger partial charge in [0.1, 0.15) is 9.84 Å². The van der Waals surface area contributed by atoms with E-state index < -0.39 is 9.84 Å². The summed E-state index contributed by atoms with van der Waals surface area (Å²) >= 11 is 0. The molecule has 1 aromatic rings. The van der Waals surface area contributed by atoms with Gasteiger partial charge in [0.05, 0.1) is 18.1 Å². The predicted molar refractivity (Wildman–Crippen MR) is 66.0 cm³/mol. The van der Waals surface area contributed by atoms with Crippen LogP contribution in [0.5, 0.6) is 0 Å². The molecule has 0 radical (unpaired) electrons. The minimum Gasteiger partial charge on any atom is -0.297 e. The Hall–Kier alpha value is -0.910. The summed E-state index contributed by atoms with van der Waals surface area (Å²) in [5.41, 5.74) is 4.04. The first-order valence-electron chi connectivity index (χ1n) is 5.77. The van der Waals surface area contributed by atoms with E-state index in [-0.39, 0.29) is 17.5 Å². The fourth-order valence-electron chi connectivity index (χ4n) is 1.82. The van der Waals surface area contributed by atoms with Crippen molar-refractivity contribution in [1.29, 1.82) is 0 Å². The first-order chi connectivity index (χ1) is 8.16. The van der Waals surface area contributed by atoms with E-state index in [0.29, 0.717) is 19.4 Å². The second kappa shape index (κ2) is 5.62. The van der Waals surface area contributed by atoms with Crippen LogP contribution in [-0.2, 0) is 21.3 Å². The van der Waals surface area contributed by atoms with E-state index in [2.05, 4.69) is 5.48 Å². The molecule has 1 aromatic carbocycles. The lowest BCUT2D eigenvalue weighted by molar-refractivity contribution is 0.00150. The summed E-state index contributed by atoms with van der Waals surface area (Å²) in [6.45, 7) is 0.504. The van der Waals surface area contributed by atoms with Gasteiger partial charge in [0.25, 0.3) is 0 Å². The molecule has 0 bridgehead atoms. The first-order valence-corrected chi connectivity index (χ1v) is 7.59. The summed E-state index contributed by atoms with van der Waals surface area (Å²) in [4.78, 5) is 5.38. The van der Waals surface area contributed by atoms with Crippen LogP contribution in [0.2, 0.25) is 0 Å². The van der Waals surface area contributed by atoms with E-state index in [1.165, 1.54) is 0 Å². The van der Waals surface area contributed by atoms with E-state index in [1.54, 1.807) is 0 Å². The Morgan fingerprint density at radius 3 is 2.47 bits per heavy atom. The number of sulfone groups is 1. The van der Waals surface area contributed by atoms with Crippen molar-refractivity contribution in [1.82, 2.24) is 5.48 Å². The summed E-state index contributed by atoms with van der Waals surface area (Å²) in [5, 5.41) is 0. The van der Waals surface area contributed by atoms with Gasteiger partial charge in [-0.3, -0.25) is 4.84 Å². The topological polar surface area (TPSA) is 55.4 Å². The molecular formula is C12H17NO3S. The molecule has 0 amide bonds. The molecule has 0 unspecified atom stereocenters. The molecule has 2 rings (SSSR count). The minimum absolute atomic E-state index is 0.155. The molecule has 1 heterocycles. The number of benzene rings is 1. The fourth-order valence-corrected chi connectivity index (χ4v) is 3.32. The van der Waals surface area contributed by atoms with Crippen molar-refractivity contribution in [2.45, 2.75) is 25.5 Å². The van der Waals surface area contributed by atoms with Gasteiger partial charge < -0.3 is 0 Å². The van der Waals surface area contributed by atoms with Gasteiger partial charge in [-0.25, -0.2) is 8.42 Å². The average molecular weight is 255 g/mol. The SMILES string of the molecule is O=S1(=O)CCC(NOCc2ccccc2)CC1. The lowest BCUT2D eigenvalue weighted by Gasteiger charge is -2.22. The van der Waals surface area contributed by atoms with Gasteiger partial charge in [0.2, 0.25) is 0 Å². The molecule has 1 N–H and O–H groups in total. The quantitative estimate of drug-likeness (QED) is 0.824. The van der Waals surface area contributed by atoms with Gasteiger partial charge in [0.15, 0.2) is 0 Å². The summed E-state index contributed by atoms with van der Waals surface area (Å²) in [7, 11) is -2.79. The van der Waals surface area contributed by atoms with Crippen LogP contribution in [0.15, 0.2) is 30.3 Å². The highest BCUT2D eigenvalue weighted by Gasteiger charge is 2.23. The standard InChI is InChI=1S/C12H17NO3S/c14-17(15)8-6-12(7-9-17)13-16-10-11-4-2-1-3-5-11/h1-5,12-13H,6-10H2. The molecule has 1 fully saturated rings. The second-order valence-electron chi connectivity index (χ2n) is 4.32. The van der Waals surface area contributed by atoms with Crippen molar-refractivity contribution < 1.29 is 13.3 Å². The van der Waals surface area contributed by atoms with Crippen LogP contribution >= 0.6 is 0 Å². The predicted octanol–water partition coefficient (Wildman–Crippen LogP) is 1.28. The number of nitrogens with one attached hydrogen (secondary N) is 1. The van der Waals surface area contributed by atoms with E-state index >= 15 is 0 Å². The molecule has 17 heavy (non-hydrogen) atoms. The molecule has 94 valence electrons. The lowest BCUT2D eigenvalue weighted by Crippen LogP contribution is -2.37. The first kappa shape index (κ1) is 12.5. The van der Waals surface area contributed by atoms with Crippen LogP contribution < -0.4 is 5.48 Å². The van der Waals surface area contributed by atoms with Crippen molar-refractivity contribution in [3.63, 3.8) is 0 Å². The smallest absolute Gasteiger partial charge is 0.150 e. The van der Waals surface area contributed by atoms with Crippen LogP contribution in [0.3, 0.4) is 0 Å². The molecule has 1 saturated heterocycles. The van der Waals surface area contributed by atoms with Gasteiger partial charge >= 0.3 is 0 Å². The Kier molecular flexibility index (Phi) is 4.15. The normalized spacial score (nSPS) is 20.2. The molecule has 5 heteroatoms. The van der Waals surface area contributed by atoms with Gasteiger partial charge in [-0.05, 0) is 18.4 Å². The molecular weight excluding hydrogens is 238 g/mol. The maximum absolute atomic E-state index is 11.2. The largest absolute Gasteiger partial charge is 0.297 e. The van der Waals surface area contributed by atoms with Crippen molar-refractivity contribution in [2.24, 2.45) is 0 Å². The maximum Gasteiger partial charge on any atom is 0.150 e. The highest BCUT2D eigenvalue weighted by atomic mass is 32.2. The monoisotopic (exact) mass is 255 g/mol. The van der Waals surface area contributed by atoms with E-state index in [9.17, 15) is 8.42 Å². The Bertz CT molecular complexity index is 430. The molecule has 1 aliphatic heterocycles. The van der Waals surface area contributed by atoms with Gasteiger partial charge in [-0.1, -0.05) is 30.3 Å². The molecule has 0 aliphatic carbocycles. The van der Waals surface area contributed by atoms with Gasteiger partial charge in [0, 0.05) is 6.04 Å². The Labute approximate surface area is 102 Å². The minimum atomic E-state index is -2.79. The molecule has 0 atom stereocenters. The number of hydrogen-bond acceptors (Lipinski definition) is 4. The Balaban J connectivity index is 1.70. The lowest BCUT2D eigenvalue weighted by atomic mass is 10.2. The fraction of sp³-hybridized carbons (Fsp3) is 0.500. The summed E-state index contributed by atoms with van der Waals surface area (Å²) in [6, 6.07) is 10.0. The van der Waals surface area contributed by atoms with Crippen LogP contribution in [0, 0.1) is 0 Å². The van der Waals surface area contributed by atoms with Gasteiger partial charge in [-0.2, -0.15) is 5.48 Å². The maximum atomic E-state index is 11.2. The van der Waals surface area contributed by atoms with Crippen molar-refractivity contribution >= 4 is 9.84 Å². The van der Waals surface area contributed by atoms with Crippen LogP contribution in [0.4, 0.5) is 0 Å². The van der Waals surface area contributed by atoms with Crippen LogP contribution in [0.1, 0.15) is 18.4 Å². The number of hydrogen-bond donors (Lipinski definition) is 1. The number of rotatable bonds is 4. The summed E-state index contributed by atoms with van der Waals surface area (Å²) < 4.78 is 22.4. The highest BCUT2D eigenvalue weighted by molar-refractivity contribution is 7.91.